The summed E-state index contributed by atoms with van der Waals surface area (Å²) in [6.07, 6.45) is 2.63. The molecule has 1 unspecified atom stereocenters. The van der Waals surface area contributed by atoms with Crippen molar-refractivity contribution in [2.75, 3.05) is 26.2 Å². The van der Waals surface area contributed by atoms with E-state index in [0.29, 0.717) is 24.2 Å². The van der Waals surface area contributed by atoms with Gasteiger partial charge in [-0.15, -0.1) is 0 Å². The molecule has 6 heteroatoms. The fraction of sp³-hybridized carbons (Fsp3) is 0.714. The van der Waals surface area contributed by atoms with Gasteiger partial charge in [0.15, 0.2) is 5.89 Å². The van der Waals surface area contributed by atoms with Gasteiger partial charge in [0.1, 0.15) is 5.76 Å². The van der Waals surface area contributed by atoms with Gasteiger partial charge >= 0.3 is 6.03 Å². The summed E-state index contributed by atoms with van der Waals surface area (Å²) >= 11 is 0. The molecule has 1 aromatic rings. The minimum atomic E-state index is -0.0124. The van der Waals surface area contributed by atoms with E-state index in [4.69, 9.17) is 4.42 Å². The number of nitrogens with one attached hydrogen (secondary N) is 1. The van der Waals surface area contributed by atoms with Crippen LogP contribution in [0.5, 0.6) is 0 Å². The average molecular weight is 280 g/mol. The number of hydrogen-bond acceptors (Lipinski definition) is 4. The van der Waals surface area contributed by atoms with E-state index < -0.39 is 0 Å². The third kappa shape index (κ3) is 3.50. The number of carbonyl (C=O) groups excluding carboxylic acids is 1. The molecule has 0 aromatic carbocycles. The summed E-state index contributed by atoms with van der Waals surface area (Å²) in [5.41, 5.74) is 0. The predicted molar refractivity (Wildman–Crippen MR) is 76.4 cm³/mol. The van der Waals surface area contributed by atoms with Gasteiger partial charge in [-0.1, -0.05) is 13.8 Å². The van der Waals surface area contributed by atoms with E-state index >= 15 is 0 Å². The average Bonchev–Trinajstić information content (AvgIpc) is 2.89. The smallest absolute Gasteiger partial charge is 0.318 e. The minimum Gasteiger partial charge on any atom is -0.444 e. The van der Waals surface area contributed by atoms with Crippen molar-refractivity contribution in [3.8, 4) is 0 Å². The lowest BCUT2D eigenvalue weighted by Gasteiger charge is -2.40. The van der Waals surface area contributed by atoms with Gasteiger partial charge in [0.25, 0.3) is 0 Å². The minimum absolute atomic E-state index is 0.0124. The zero-order valence-corrected chi connectivity index (χ0v) is 12.6. The van der Waals surface area contributed by atoms with Gasteiger partial charge in [-0.2, -0.15) is 0 Å². The fourth-order valence-corrected chi connectivity index (χ4v) is 2.58. The summed E-state index contributed by atoms with van der Waals surface area (Å²) in [6.45, 7) is 10.2. The highest BCUT2D eigenvalue weighted by molar-refractivity contribution is 5.74. The Morgan fingerprint density at radius 2 is 2.30 bits per heavy atom. The molecule has 1 N–H and O–H groups in total. The molecule has 1 aliphatic heterocycles. The van der Waals surface area contributed by atoms with Crippen LogP contribution in [0.3, 0.4) is 0 Å². The molecule has 20 heavy (non-hydrogen) atoms. The maximum atomic E-state index is 12.3. The Labute approximate surface area is 120 Å². The molecule has 2 rings (SSSR count). The molecular formula is C14H24N4O2. The molecule has 1 saturated heterocycles. The molecule has 2 heterocycles. The molecule has 1 aliphatic rings. The maximum absolute atomic E-state index is 12.3. The predicted octanol–water partition coefficient (Wildman–Crippen LogP) is 1.61. The van der Waals surface area contributed by atoms with Crippen molar-refractivity contribution in [3.63, 3.8) is 0 Å². The van der Waals surface area contributed by atoms with Crippen LogP contribution >= 0.6 is 0 Å². The van der Waals surface area contributed by atoms with Crippen molar-refractivity contribution in [3.05, 3.63) is 17.8 Å². The van der Waals surface area contributed by atoms with Gasteiger partial charge < -0.3 is 14.6 Å². The van der Waals surface area contributed by atoms with Crippen molar-refractivity contribution in [1.82, 2.24) is 20.1 Å². The second-order valence-electron chi connectivity index (χ2n) is 5.15. The van der Waals surface area contributed by atoms with Gasteiger partial charge in [0.05, 0.1) is 12.7 Å². The number of aromatic nitrogens is 1. The van der Waals surface area contributed by atoms with Gasteiger partial charge in [-0.3, -0.25) is 4.90 Å². The number of nitrogens with zero attached hydrogens (tertiary/aromatic N) is 3. The Morgan fingerprint density at radius 3 is 2.90 bits per heavy atom. The summed E-state index contributed by atoms with van der Waals surface area (Å²) < 4.78 is 5.36. The second kappa shape index (κ2) is 6.74. The molecule has 0 bridgehead atoms. The van der Waals surface area contributed by atoms with Gasteiger partial charge in [-0.25, -0.2) is 9.78 Å². The number of amides is 2. The van der Waals surface area contributed by atoms with E-state index in [0.717, 1.165) is 32.6 Å². The summed E-state index contributed by atoms with van der Waals surface area (Å²) in [4.78, 5) is 20.6. The Hall–Kier alpha value is -1.56. The molecule has 112 valence electrons. The van der Waals surface area contributed by atoms with Crippen LogP contribution in [0.4, 0.5) is 4.79 Å². The molecule has 0 saturated carbocycles. The van der Waals surface area contributed by atoms with Crippen LogP contribution < -0.4 is 5.32 Å². The van der Waals surface area contributed by atoms with Crippen LogP contribution in [-0.4, -0.2) is 53.0 Å². The van der Waals surface area contributed by atoms with Crippen molar-refractivity contribution >= 4 is 6.03 Å². The molecular weight excluding hydrogens is 256 g/mol. The standard InChI is InChI=1S/C14H24N4O2/c1-4-12-10-17(5-2)6-7-18(12)14(19)16-9-13-8-15-11(3)20-13/h8,12H,4-7,9-10H2,1-3H3,(H,16,19). The highest BCUT2D eigenvalue weighted by atomic mass is 16.4. The monoisotopic (exact) mass is 280 g/mol. The van der Waals surface area contributed by atoms with Crippen LogP contribution in [0, 0.1) is 6.92 Å². The molecule has 1 aromatic heterocycles. The summed E-state index contributed by atoms with van der Waals surface area (Å²) in [5.74, 6) is 1.31. The lowest BCUT2D eigenvalue weighted by Crippen LogP contribution is -2.57. The molecule has 0 aliphatic carbocycles. The lowest BCUT2D eigenvalue weighted by molar-refractivity contribution is 0.0947. The SMILES string of the molecule is CCC1CN(CC)CCN1C(=O)NCc1cnc(C)o1. The first-order valence-electron chi connectivity index (χ1n) is 7.32. The number of carbonyl (C=O) groups is 1. The number of likely N-dealkylation sites (N-methyl/N-ethyl adjacent to an activating group) is 1. The summed E-state index contributed by atoms with van der Waals surface area (Å²) in [6, 6.07) is 0.279. The number of urea groups is 1. The maximum Gasteiger partial charge on any atom is 0.318 e. The van der Waals surface area contributed by atoms with Gasteiger partial charge in [-0.05, 0) is 13.0 Å². The number of oxazole rings is 1. The van der Waals surface area contributed by atoms with Crippen LogP contribution in [0.15, 0.2) is 10.6 Å². The van der Waals surface area contributed by atoms with E-state index in [1.165, 1.54) is 0 Å². The molecule has 2 amide bonds. The number of hydrogen-bond donors (Lipinski definition) is 1. The molecule has 1 fully saturated rings. The number of aryl methyl sites for hydroxylation is 1. The lowest BCUT2D eigenvalue weighted by atomic mass is 10.1. The van der Waals surface area contributed by atoms with Crippen molar-refractivity contribution < 1.29 is 9.21 Å². The second-order valence-corrected chi connectivity index (χ2v) is 5.15. The van der Waals surface area contributed by atoms with Gasteiger partial charge in [0, 0.05) is 32.6 Å². The largest absolute Gasteiger partial charge is 0.444 e. The third-order valence-electron chi connectivity index (χ3n) is 3.83. The van der Waals surface area contributed by atoms with Crippen molar-refractivity contribution in [2.24, 2.45) is 0 Å². The highest BCUT2D eigenvalue weighted by Crippen LogP contribution is 2.13. The number of piperazine rings is 1. The third-order valence-corrected chi connectivity index (χ3v) is 3.83. The zero-order chi connectivity index (χ0) is 14.5. The molecule has 1 atom stereocenters. The molecule has 0 radical (unpaired) electrons. The Bertz CT molecular complexity index is 446. The van der Waals surface area contributed by atoms with E-state index in [1.54, 1.807) is 13.1 Å². The Kier molecular flexibility index (Phi) is 5.00. The summed E-state index contributed by atoms with van der Waals surface area (Å²) in [7, 11) is 0. The summed E-state index contributed by atoms with van der Waals surface area (Å²) in [5, 5.41) is 2.91. The number of rotatable bonds is 4. The van der Waals surface area contributed by atoms with E-state index in [9.17, 15) is 4.79 Å². The van der Waals surface area contributed by atoms with Crippen LogP contribution in [0.25, 0.3) is 0 Å². The molecule has 0 spiro atoms. The normalized spacial score (nSPS) is 20.1. The van der Waals surface area contributed by atoms with E-state index in [-0.39, 0.29) is 6.03 Å². The van der Waals surface area contributed by atoms with E-state index in [2.05, 4.69) is 29.0 Å². The highest BCUT2D eigenvalue weighted by Gasteiger charge is 2.28. The van der Waals surface area contributed by atoms with Crippen LogP contribution in [0.1, 0.15) is 31.9 Å². The molecule has 6 nitrogen and oxygen atoms in total. The van der Waals surface area contributed by atoms with Crippen LogP contribution in [0.2, 0.25) is 0 Å². The first-order chi connectivity index (χ1) is 9.63. The fourth-order valence-electron chi connectivity index (χ4n) is 2.58. The van der Waals surface area contributed by atoms with Crippen LogP contribution in [-0.2, 0) is 6.54 Å². The zero-order valence-electron chi connectivity index (χ0n) is 12.6. The topological polar surface area (TPSA) is 61.6 Å². The van der Waals surface area contributed by atoms with E-state index in [1.807, 2.05) is 4.90 Å². The first kappa shape index (κ1) is 14.8. The Balaban J connectivity index is 1.87. The van der Waals surface area contributed by atoms with Crippen molar-refractivity contribution in [1.29, 1.82) is 0 Å². The van der Waals surface area contributed by atoms with Crippen molar-refractivity contribution in [2.45, 2.75) is 39.8 Å². The van der Waals surface area contributed by atoms with Gasteiger partial charge in [0.2, 0.25) is 0 Å². The Morgan fingerprint density at radius 1 is 1.50 bits per heavy atom. The quantitative estimate of drug-likeness (QED) is 0.910. The first-order valence-corrected chi connectivity index (χ1v) is 7.32.